The molecule has 0 saturated carbocycles. The maximum atomic E-state index is 6.08. The Balaban J connectivity index is 2.77. The average molecular weight is 256 g/mol. The molecule has 3 N–H and O–H groups in total. The van der Waals surface area contributed by atoms with Crippen molar-refractivity contribution in [2.75, 3.05) is 0 Å². The Labute approximate surface area is 103 Å². The molecule has 0 radical (unpaired) electrons. The first-order valence-electron chi connectivity index (χ1n) is 4.83. The molecular weight excluding hydrogens is 245 g/mol. The van der Waals surface area contributed by atoms with Gasteiger partial charge in [-0.3, -0.25) is 0 Å². The molecule has 0 amide bonds. The first-order valence-corrected chi connectivity index (χ1v) is 5.64. The molecular formula is C11H11Cl2N3. The van der Waals surface area contributed by atoms with E-state index in [4.69, 9.17) is 28.9 Å². The summed E-state index contributed by atoms with van der Waals surface area (Å²) in [6, 6.07) is 5.56. The fourth-order valence-corrected chi connectivity index (χ4v) is 2.00. The van der Waals surface area contributed by atoms with Gasteiger partial charge in [0, 0.05) is 15.9 Å². The Kier molecular flexibility index (Phi) is 3.08. The molecule has 2 rings (SSSR count). The summed E-state index contributed by atoms with van der Waals surface area (Å²) in [6.45, 7) is 1.88. The lowest BCUT2D eigenvalue weighted by atomic mass is 10.2. The lowest BCUT2D eigenvalue weighted by Crippen LogP contribution is -1.89. The number of aromatic nitrogens is 1. The third kappa shape index (κ3) is 1.88. The number of benzene rings is 1. The zero-order valence-electron chi connectivity index (χ0n) is 8.67. The van der Waals surface area contributed by atoms with Gasteiger partial charge < -0.3 is 10.7 Å². The van der Waals surface area contributed by atoms with Gasteiger partial charge >= 0.3 is 0 Å². The number of aromatic amines is 1. The highest BCUT2D eigenvalue weighted by Crippen LogP contribution is 2.37. The topological polar surface area (TPSA) is 54.2 Å². The highest BCUT2D eigenvalue weighted by atomic mass is 35.5. The second-order valence-corrected chi connectivity index (χ2v) is 4.56. The van der Waals surface area contributed by atoms with Crippen LogP contribution in [0.3, 0.4) is 0 Å². The summed E-state index contributed by atoms with van der Waals surface area (Å²) in [6.07, 6.45) is 1.26. The highest BCUT2D eigenvalue weighted by Gasteiger charge is 2.14. The van der Waals surface area contributed by atoms with Crippen LogP contribution in [0.4, 0.5) is 5.69 Å². The summed E-state index contributed by atoms with van der Waals surface area (Å²) >= 11 is 12.0. The lowest BCUT2D eigenvalue weighted by molar-refractivity contribution is 1.03. The number of alkyl halides is 1. The zero-order valence-corrected chi connectivity index (χ0v) is 10.2. The van der Waals surface area contributed by atoms with Crippen LogP contribution in [0.15, 0.2) is 23.2 Å². The van der Waals surface area contributed by atoms with Crippen molar-refractivity contribution in [1.82, 2.24) is 4.98 Å². The predicted molar refractivity (Wildman–Crippen MR) is 69.9 cm³/mol. The van der Waals surface area contributed by atoms with E-state index in [1.807, 2.05) is 25.1 Å². The summed E-state index contributed by atoms with van der Waals surface area (Å²) in [5.74, 6) is 0. The quantitative estimate of drug-likeness (QED) is 0.480. The molecule has 1 aromatic heterocycles. The van der Waals surface area contributed by atoms with Crippen molar-refractivity contribution in [2.45, 2.75) is 12.3 Å². The SMILES string of the molecule is CC(Cl)c1[nH]c2ccc(Cl)cc2c1N=CN. The largest absolute Gasteiger partial charge is 0.390 e. The molecule has 0 bridgehead atoms. The molecule has 1 unspecified atom stereocenters. The highest BCUT2D eigenvalue weighted by molar-refractivity contribution is 6.31. The number of nitrogens with zero attached hydrogens (tertiary/aromatic N) is 1. The first-order chi connectivity index (χ1) is 7.63. The number of rotatable bonds is 2. The Morgan fingerprint density at radius 3 is 2.88 bits per heavy atom. The minimum absolute atomic E-state index is 0.162. The van der Waals surface area contributed by atoms with Gasteiger partial charge in [0.25, 0.3) is 0 Å². The van der Waals surface area contributed by atoms with Crippen LogP contribution < -0.4 is 5.73 Å². The first kappa shape index (κ1) is 11.3. The minimum atomic E-state index is -0.162. The van der Waals surface area contributed by atoms with E-state index in [0.717, 1.165) is 22.3 Å². The molecule has 2 aromatic rings. The summed E-state index contributed by atoms with van der Waals surface area (Å²) in [7, 11) is 0. The summed E-state index contributed by atoms with van der Waals surface area (Å²) in [5.41, 5.74) is 7.89. The maximum absolute atomic E-state index is 6.08. The monoisotopic (exact) mass is 255 g/mol. The number of hydrogen-bond acceptors (Lipinski definition) is 1. The van der Waals surface area contributed by atoms with E-state index in [1.54, 1.807) is 0 Å². The zero-order chi connectivity index (χ0) is 11.7. The van der Waals surface area contributed by atoms with Crippen LogP contribution in [0.25, 0.3) is 10.9 Å². The molecule has 0 aliphatic carbocycles. The van der Waals surface area contributed by atoms with Crippen molar-refractivity contribution < 1.29 is 0 Å². The van der Waals surface area contributed by atoms with Gasteiger partial charge in [0.05, 0.1) is 23.1 Å². The van der Waals surface area contributed by atoms with Crippen LogP contribution in [0.1, 0.15) is 18.0 Å². The summed E-state index contributed by atoms with van der Waals surface area (Å²) in [5, 5.41) is 1.43. The van der Waals surface area contributed by atoms with E-state index in [0.29, 0.717) is 5.02 Å². The third-order valence-corrected chi connectivity index (χ3v) is 2.82. The van der Waals surface area contributed by atoms with Crippen LogP contribution in [-0.2, 0) is 0 Å². The molecule has 0 fully saturated rings. The Morgan fingerprint density at radius 2 is 2.25 bits per heavy atom. The molecule has 84 valence electrons. The van der Waals surface area contributed by atoms with Gasteiger partial charge in [0.1, 0.15) is 0 Å². The Bertz CT molecular complexity index is 543. The molecule has 1 aromatic carbocycles. The molecule has 1 heterocycles. The van der Waals surface area contributed by atoms with Crippen LogP contribution in [0.5, 0.6) is 0 Å². The molecule has 1 atom stereocenters. The maximum Gasteiger partial charge on any atom is 0.0948 e. The van der Waals surface area contributed by atoms with Gasteiger partial charge in [-0.2, -0.15) is 0 Å². The summed E-state index contributed by atoms with van der Waals surface area (Å²) < 4.78 is 0. The number of hydrogen-bond donors (Lipinski definition) is 2. The van der Waals surface area contributed by atoms with Crippen LogP contribution in [0, 0.1) is 0 Å². The Hall–Kier alpha value is -1.19. The fraction of sp³-hybridized carbons (Fsp3) is 0.182. The normalized spacial score (nSPS) is 13.7. The van der Waals surface area contributed by atoms with Crippen molar-refractivity contribution in [3.05, 3.63) is 28.9 Å². The van der Waals surface area contributed by atoms with Gasteiger partial charge in [0.2, 0.25) is 0 Å². The number of halogens is 2. The van der Waals surface area contributed by atoms with Crippen molar-refractivity contribution >= 4 is 46.1 Å². The van der Waals surface area contributed by atoms with Crippen molar-refractivity contribution in [1.29, 1.82) is 0 Å². The molecule has 0 saturated heterocycles. The van der Waals surface area contributed by atoms with Gasteiger partial charge in [-0.25, -0.2) is 4.99 Å². The van der Waals surface area contributed by atoms with Gasteiger partial charge in [-0.05, 0) is 25.1 Å². The molecule has 0 aliphatic rings. The van der Waals surface area contributed by atoms with Crippen molar-refractivity contribution in [3.63, 3.8) is 0 Å². The van der Waals surface area contributed by atoms with E-state index in [1.165, 1.54) is 6.34 Å². The van der Waals surface area contributed by atoms with Gasteiger partial charge in [0.15, 0.2) is 0 Å². The van der Waals surface area contributed by atoms with E-state index in [-0.39, 0.29) is 5.38 Å². The predicted octanol–water partition coefficient (Wildman–Crippen LogP) is 3.74. The van der Waals surface area contributed by atoms with E-state index >= 15 is 0 Å². The van der Waals surface area contributed by atoms with Crippen LogP contribution in [-0.4, -0.2) is 11.3 Å². The molecule has 5 heteroatoms. The number of H-pyrrole nitrogens is 1. The standard InChI is InChI=1S/C11H11Cl2N3/c1-6(12)10-11(15-5-14)8-4-7(13)2-3-9(8)16-10/h2-6,16H,1H3,(H2,14,15). The second-order valence-electron chi connectivity index (χ2n) is 3.47. The molecule has 0 spiro atoms. The van der Waals surface area contributed by atoms with Crippen LogP contribution in [0.2, 0.25) is 5.02 Å². The minimum Gasteiger partial charge on any atom is -0.390 e. The van der Waals surface area contributed by atoms with Crippen molar-refractivity contribution in [2.24, 2.45) is 10.7 Å². The summed E-state index contributed by atoms with van der Waals surface area (Å²) in [4.78, 5) is 7.35. The third-order valence-electron chi connectivity index (χ3n) is 2.36. The average Bonchev–Trinajstić information content (AvgIpc) is 2.58. The second kappa shape index (κ2) is 4.36. The van der Waals surface area contributed by atoms with E-state index in [9.17, 15) is 0 Å². The van der Waals surface area contributed by atoms with Crippen LogP contribution >= 0.6 is 23.2 Å². The number of aliphatic imine (C=N–C) groups is 1. The Morgan fingerprint density at radius 1 is 1.50 bits per heavy atom. The number of fused-ring (bicyclic) bond motifs is 1. The lowest BCUT2D eigenvalue weighted by Gasteiger charge is -2.00. The van der Waals surface area contributed by atoms with Crippen molar-refractivity contribution in [3.8, 4) is 0 Å². The van der Waals surface area contributed by atoms with E-state index < -0.39 is 0 Å². The van der Waals surface area contributed by atoms with Gasteiger partial charge in [-0.1, -0.05) is 11.6 Å². The fourth-order valence-electron chi connectivity index (χ4n) is 1.67. The van der Waals surface area contributed by atoms with E-state index in [2.05, 4.69) is 9.98 Å². The van der Waals surface area contributed by atoms with Gasteiger partial charge in [-0.15, -0.1) is 11.6 Å². The number of nitrogens with two attached hydrogens (primary N) is 1. The molecule has 3 nitrogen and oxygen atoms in total. The molecule has 0 aliphatic heterocycles. The smallest absolute Gasteiger partial charge is 0.0948 e. The molecule has 16 heavy (non-hydrogen) atoms. The number of nitrogens with one attached hydrogen (secondary N) is 1.